The van der Waals surface area contributed by atoms with Gasteiger partial charge in [-0.15, -0.1) is 0 Å². The van der Waals surface area contributed by atoms with Gasteiger partial charge >= 0.3 is 0 Å². The number of nitrogens with zero attached hydrogens (tertiary/aromatic N) is 2. The lowest BCUT2D eigenvalue weighted by Gasteiger charge is -2.33. The molecular formula is C20H22N4O3. The van der Waals surface area contributed by atoms with Crippen LogP contribution in [0.25, 0.3) is 10.8 Å². The fourth-order valence-corrected chi connectivity index (χ4v) is 3.68. The van der Waals surface area contributed by atoms with Crippen molar-refractivity contribution in [2.45, 2.75) is 25.3 Å². The van der Waals surface area contributed by atoms with Gasteiger partial charge in [-0.05, 0) is 44.1 Å². The molecular weight excluding hydrogens is 344 g/mol. The summed E-state index contributed by atoms with van der Waals surface area (Å²) >= 11 is 0. The van der Waals surface area contributed by atoms with E-state index in [9.17, 15) is 9.59 Å². The number of nitrogens with one attached hydrogen (secondary N) is 2. The molecule has 1 saturated heterocycles. The number of piperidine rings is 1. The van der Waals surface area contributed by atoms with E-state index in [2.05, 4.69) is 20.4 Å². The summed E-state index contributed by atoms with van der Waals surface area (Å²) < 4.78 is 5.62. The quantitative estimate of drug-likeness (QED) is 0.724. The van der Waals surface area contributed by atoms with Crippen molar-refractivity contribution >= 4 is 16.7 Å². The molecule has 1 fully saturated rings. The Kier molecular flexibility index (Phi) is 5.02. The van der Waals surface area contributed by atoms with Crippen molar-refractivity contribution in [2.75, 3.05) is 19.6 Å². The summed E-state index contributed by atoms with van der Waals surface area (Å²) in [6.45, 7) is 2.39. The fraction of sp³-hybridized carbons (Fsp3) is 0.350. The van der Waals surface area contributed by atoms with E-state index in [1.165, 1.54) is 6.42 Å². The number of benzene rings is 1. The monoisotopic (exact) mass is 366 g/mol. The number of amides is 1. The van der Waals surface area contributed by atoms with Gasteiger partial charge in [0.25, 0.3) is 11.5 Å². The third-order valence-corrected chi connectivity index (χ3v) is 5.07. The average molecular weight is 366 g/mol. The Morgan fingerprint density at radius 2 is 1.93 bits per heavy atom. The van der Waals surface area contributed by atoms with E-state index in [4.69, 9.17) is 4.42 Å². The first-order valence-corrected chi connectivity index (χ1v) is 9.27. The Bertz CT molecular complexity index is 974. The first-order chi connectivity index (χ1) is 13.2. The molecule has 2 aromatic heterocycles. The topological polar surface area (TPSA) is 91.2 Å². The van der Waals surface area contributed by atoms with Crippen molar-refractivity contribution in [3.8, 4) is 0 Å². The zero-order chi connectivity index (χ0) is 18.6. The van der Waals surface area contributed by atoms with Gasteiger partial charge in [-0.25, -0.2) is 5.10 Å². The number of furan rings is 1. The molecule has 3 heterocycles. The Morgan fingerprint density at radius 3 is 2.67 bits per heavy atom. The van der Waals surface area contributed by atoms with Gasteiger partial charge in [0.15, 0.2) is 5.69 Å². The van der Waals surface area contributed by atoms with Crippen molar-refractivity contribution in [3.63, 3.8) is 0 Å². The molecule has 0 radical (unpaired) electrons. The first-order valence-electron chi connectivity index (χ1n) is 9.27. The van der Waals surface area contributed by atoms with Crippen LogP contribution in [0.1, 0.15) is 41.6 Å². The third-order valence-electron chi connectivity index (χ3n) is 5.07. The number of aromatic nitrogens is 2. The summed E-state index contributed by atoms with van der Waals surface area (Å²) in [5.74, 6) is 0.535. The second-order valence-electron chi connectivity index (χ2n) is 6.78. The van der Waals surface area contributed by atoms with Crippen LogP contribution >= 0.6 is 0 Å². The summed E-state index contributed by atoms with van der Waals surface area (Å²) in [4.78, 5) is 27.0. The molecule has 1 atom stereocenters. The highest BCUT2D eigenvalue weighted by Gasteiger charge is 2.25. The molecule has 1 aromatic carbocycles. The summed E-state index contributed by atoms with van der Waals surface area (Å²) in [5.41, 5.74) is -0.0778. The van der Waals surface area contributed by atoms with Gasteiger partial charge in [-0.1, -0.05) is 24.6 Å². The minimum absolute atomic E-state index is 0.0155. The number of H-pyrrole nitrogens is 1. The van der Waals surface area contributed by atoms with E-state index in [1.807, 2.05) is 12.1 Å². The minimum Gasteiger partial charge on any atom is -0.468 e. The molecule has 2 N–H and O–H groups in total. The van der Waals surface area contributed by atoms with Crippen LogP contribution in [-0.2, 0) is 0 Å². The van der Waals surface area contributed by atoms with E-state index in [1.54, 1.807) is 30.5 Å². The summed E-state index contributed by atoms with van der Waals surface area (Å²) in [5, 5.41) is 10.4. The van der Waals surface area contributed by atoms with Crippen molar-refractivity contribution < 1.29 is 9.21 Å². The van der Waals surface area contributed by atoms with Crippen molar-refractivity contribution in [3.05, 3.63) is 64.5 Å². The smallest absolute Gasteiger partial charge is 0.272 e. The Hall–Kier alpha value is -2.93. The van der Waals surface area contributed by atoms with Crippen LogP contribution < -0.4 is 10.9 Å². The van der Waals surface area contributed by atoms with Crippen LogP contribution in [0.5, 0.6) is 0 Å². The number of carbonyl (C=O) groups excluding carboxylic acids is 1. The van der Waals surface area contributed by atoms with Gasteiger partial charge < -0.3 is 9.73 Å². The van der Waals surface area contributed by atoms with Crippen LogP contribution in [0.2, 0.25) is 0 Å². The number of fused-ring (bicyclic) bond motifs is 1. The fourth-order valence-electron chi connectivity index (χ4n) is 3.68. The number of rotatable bonds is 5. The van der Waals surface area contributed by atoms with E-state index >= 15 is 0 Å². The van der Waals surface area contributed by atoms with Crippen molar-refractivity contribution in [2.24, 2.45) is 0 Å². The molecule has 1 amide bonds. The van der Waals surface area contributed by atoms with Crippen molar-refractivity contribution in [1.29, 1.82) is 0 Å². The third kappa shape index (κ3) is 3.64. The number of aromatic amines is 1. The number of hydrogen-bond donors (Lipinski definition) is 2. The normalized spacial score (nSPS) is 16.3. The predicted octanol–water partition coefficient (Wildman–Crippen LogP) is 2.47. The number of likely N-dealkylation sites (tertiary alicyclic amines) is 1. The van der Waals surface area contributed by atoms with Gasteiger partial charge in [0.05, 0.1) is 17.7 Å². The van der Waals surface area contributed by atoms with E-state index in [0.717, 1.165) is 31.7 Å². The molecule has 1 aliphatic heterocycles. The average Bonchev–Trinajstić information content (AvgIpc) is 3.24. The highest BCUT2D eigenvalue weighted by molar-refractivity contribution is 6.04. The lowest BCUT2D eigenvalue weighted by Crippen LogP contribution is -2.40. The van der Waals surface area contributed by atoms with Crippen LogP contribution in [0, 0.1) is 0 Å². The summed E-state index contributed by atoms with van der Waals surface area (Å²) in [6, 6.07) is 10.8. The first kappa shape index (κ1) is 17.5. The summed E-state index contributed by atoms with van der Waals surface area (Å²) in [6.07, 6.45) is 5.20. The molecule has 1 aliphatic rings. The van der Waals surface area contributed by atoms with Gasteiger partial charge in [0.2, 0.25) is 0 Å². The molecule has 0 saturated carbocycles. The molecule has 27 heavy (non-hydrogen) atoms. The lowest BCUT2D eigenvalue weighted by molar-refractivity contribution is 0.0910. The van der Waals surface area contributed by atoms with Crippen LogP contribution in [0.4, 0.5) is 0 Å². The number of hydrogen-bond acceptors (Lipinski definition) is 5. The van der Waals surface area contributed by atoms with E-state index in [0.29, 0.717) is 17.3 Å². The van der Waals surface area contributed by atoms with Crippen LogP contribution in [-0.4, -0.2) is 40.6 Å². The zero-order valence-electron chi connectivity index (χ0n) is 15.0. The highest BCUT2D eigenvalue weighted by Crippen LogP contribution is 2.24. The van der Waals surface area contributed by atoms with Gasteiger partial charge in [-0.3, -0.25) is 14.5 Å². The summed E-state index contributed by atoms with van der Waals surface area (Å²) in [7, 11) is 0. The molecule has 3 aromatic rings. The second kappa shape index (κ2) is 7.75. The van der Waals surface area contributed by atoms with Crippen LogP contribution in [0.3, 0.4) is 0 Å². The standard InChI is InChI=1S/C20H22N4O3/c25-19-15-8-3-2-7-14(15)18(22-23-19)20(26)21-13-16(17-9-6-12-27-17)24-10-4-1-5-11-24/h2-3,6-9,12,16H,1,4-5,10-11,13H2,(H,21,26)(H,23,25)/t16-/m0/s1. The second-order valence-corrected chi connectivity index (χ2v) is 6.78. The number of carbonyl (C=O) groups is 1. The van der Waals surface area contributed by atoms with E-state index < -0.39 is 0 Å². The molecule has 7 heteroatoms. The molecule has 7 nitrogen and oxygen atoms in total. The Balaban J connectivity index is 1.55. The lowest BCUT2D eigenvalue weighted by atomic mass is 10.1. The zero-order valence-corrected chi connectivity index (χ0v) is 15.0. The largest absolute Gasteiger partial charge is 0.468 e. The predicted molar refractivity (Wildman–Crippen MR) is 102 cm³/mol. The maximum absolute atomic E-state index is 12.8. The van der Waals surface area contributed by atoms with Gasteiger partial charge in [-0.2, -0.15) is 5.10 Å². The molecule has 0 bridgehead atoms. The van der Waals surface area contributed by atoms with Gasteiger partial charge in [0.1, 0.15) is 5.76 Å². The Morgan fingerprint density at radius 1 is 1.15 bits per heavy atom. The molecule has 0 spiro atoms. The minimum atomic E-state index is -0.309. The van der Waals surface area contributed by atoms with Crippen molar-refractivity contribution in [1.82, 2.24) is 20.4 Å². The van der Waals surface area contributed by atoms with Gasteiger partial charge in [0, 0.05) is 11.9 Å². The van der Waals surface area contributed by atoms with Crippen LogP contribution in [0.15, 0.2) is 51.9 Å². The maximum atomic E-state index is 12.8. The SMILES string of the molecule is O=C(NC[C@@H](c1ccco1)N1CCCCC1)c1n[nH]c(=O)c2ccccc12. The highest BCUT2D eigenvalue weighted by atomic mass is 16.3. The maximum Gasteiger partial charge on any atom is 0.272 e. The molecule has 4 rings (SSSR count). The Labute approximate surface area is 156 Å². The van der Waals surface area contributed by atoms with E-state index in [-0.39, 0.29) is 23.2 Å². The molecule has 0 aliphatic carbocycles. The molecule has 140 valence electrons. The molecule has 0 unspecified atom stereocenters.